The number of rotatable bonds is 5. The molecule has 0 bridgehead atoms. The molecule has 1 aliphatic rings. The molecule has 12 nitrogen and oxygen atoms in total. The maximum Gasteiger partial charge on any atom is 0.439 e. The highest BCUT2D eigenvalue weighted by molar-refractivity contribution is 6.05. The molecule has 0 atom stereocenters. The standard InChI is InChI=1S/C18H13N5O7/c24-15(19-11-3-1-2-10(6-11)17-20-18(26)30-21-17)8-22-13-7-12(23(27)28)4-5-14(13)29-9-16(22)25/h1-7H,8-9H2,(H,19,24)(H,20,21,26). The van der Waals surface area contributed by atoms with E-state index in [4.69, 9.17) is 4.74 Å². The Kier molecular flexibility index (Phi) is 4.72. The second-order valence-corrected chi connectivity index (χ2v) is 6.25. The first-order valence-electron chi connectivity index (χ1n) is 8.58. The lowest BCUT2D eigenvalue weighted by Gasteiger charge is -2.28. The first-order valence-corrected chi connectivity index (χ1v) is 8.58. The Morgan fingerprint density at radius 1 is 1.27 bits per heavy atom. The second kappa shape index (κ2) is 7.50. The van der Waals surface area contributed by atoms with Crippen LogP contribution in [0.25, 0.3) is 11.4 Å². The number of nitrogens with zero attached hydrogens (tertiary/aromatic N) is 3. The van der Waals surface area contributed by atoms with Crippen LogP contribution in [0.15, 0.2) is 51.8 Å². The van der Waals surface area contributed by atoms with Gasteiger partial charge in [-0.3, -0.25) is 34.1 Å². The van der Waals surface area contributed by atoms with Gasteiger partial charge < -0.3 is 10.1 Å². The number of hydrogen-bond acceptors (Lipinski definition) is 8. The number of H-pyrrole nitrogens is 1. The molecule has 1 aliphatic heterocycles. The average molecular weight is 411 g/mol. The van der Waals surface area contributed by atoms with Crippen LogP contribution in [-0.2, 0) is 9.59 Å². The minimum absolute atomic E-state index is 0.143. The number of nitro benzene ring substituents is 1. The molecule has 0 aliphatic carbocycles. The molecule has 30 heavy (non-hydrogen) atoms. The smallest absolute Gasteiger partial charge is 0.439 e. The van der Waals surface area contributed by atoms with E-state index in [1.54, 1.807) is 24.3 Å². The topological polar surface area (TPSA) is 161 Å². The number of hydrogen-bond donors (Lipinski definition) is 2. The Morgan fingerprint density at radius 3 is 2.83 bits per heavy atom. The summed E-state index contributed by atoms with van der Waals surface area (Å²) in [6.45, 7) is -0.658. The van der Waals surface area contributed by atoms with Crippen molar-refractivity contribution >= 4 is 28.9 Å². The fraction of sp³-hybridized carbons (Fsp3) is 0.111. The van der Waals surface area contributed by atoms with E-state index in [1.165, 1.54) is 18.2 Å². The fourth-order valence-electron chi connectivity index (χ4n) is 2.92. The van der Waals surface area contributed by atoms with Gasteiger partial charge in [0, 0.05) is 23.4 Å². The number of aromatic nitrogens is 2. The average Bonchev–Trinajstić information content (AvgIpc) is 3.16. The van der Waals surface area contributed by atoms with Crippen LogP contribution in [0.2, 0.25) is 0 Å². The molecule has 0 fully saturated rings. The van der Waals surface area contributed by atoms with Crippen molar-refractivity contribution in [3.63, 3.8) is 0 Å². The van der Waals surface area contributed by atoms with Crippen molar-refractivity contribution in [1.29, 1.82) is 0 Å². The largest absolute Gasteiger partial charge is 0.482 e. The van der Waals surface area contributed by atoms with Gasteiger partial charge in [0.15, 0.2) is 12.4 Å². The molecular formula is C18H13N5O7. The maximum absolute atomic E-state index is 12.5. The van der Waals surface area contributed by atoms with Gasteiger partial charge in [0.2, 0.25) is 5.91 Å². The van der Waals surface area contributed by atoms with E-state index in [2.05, 4.69) is 20.0 Å². The quantitative estimate of drug-likeness (QED) is 0.469. The minimum Gasteiger partial charge on any atom is -0.482 e. The van der Waals surface area contributed by atoms with Crippen molar-refractivity contribution in [2.75, 3.05) is 23.4 Å². The van der Waals surface area contributed by atoms with Crippen LogP contribution in [-0.4, -0.2) is 40.0 Å². The van der Waals surface area contributed by atoms with Gasteiger partial charge in [-0.25, -0.2) is 4.79 Å². The number of carbonyl (C=O) groups excluding carboxylic acids is 2. The van der Waals surface area contributed by atoms with Crippen molar-refractivity contribution in [3.8, 4) is 17.1 Å². The predicted molar refractivity (Wildman–Crippen MR) is 102 cm³/mol. The van der Waals surface area contributed by atoms with Crippen molar-refractivity contribution in [1.82, 2.24) is 10.1 Å². The number of benzene rings is 2. The van der Waals surface area contributed by atoms with Gasteiger partial charge >= 0.3 is 5.76 Å². The molecule has 2 N–H and O–H groups in total. The third-order valence-corrected chi connectivity index (χ3v) is 4.26. The summed E-state index contributed by atoms with van der Waals surface area (Å²) in [5.41, 5.74) is 0.805. The van der Waals surface area contributed by atoms with Gasteiger partial charge in [-0.05, 0) is 18.2 Å². The highest BCUT2D eigenvalue weighted by atomic mass is 16.6. The number of nitrogens with one attached hydrogen (secondary N) is 2. The Labute approximate surface area is 167 Å². The summed E-state index contributed by atoms with van der Waals surface area (Å²) in [4.78, 5) is 49.9. The van der Waals surface area contributed by atoms with E-state index in [1.807, 2.05) is 0 Å². The van der Waals surface area contributed by atoms with Crippen LogP contribution >= 0.6 is 0 Å². The van der Waals surface area contributed by atoms with E-state index in [0.717, 1.165) is 4.90 Å². The van der Waals surface area contributed by atoms with Crippen LogP contribution < -0.4 is 20.7 Å². The lowest BCUT2D eigenvalue weighted by molar-refractivity contribution is -0.384. The van der Waals surface area contributed by atoms with Crippen LogP contribution in [0.4, 0.5) is 17.1 Å². The van der Waals surface area contributed by atoms with Gasteiger partial charge in [0.05, 0.1) is 10.6 Å². The number of non-ortho nitro benzene ring substituents is 1. The van der Waals surface area contributed by atoms with Crippen molar-refractivity contribution in [3.05, 3.63) is 63.1 Å². The molecule has 0 saturated carbocycles. The molecule has 12 heteroatoms. The molecule has 4 rings (SSSR count). The van der Waals surface area contributed by atoms with Gasteiger partial charge in [0.25, 0.3) is 11.6 Å². The highest BCUT2D eigenvalue weighted by Crippen LogP contribution is 2.35. The molecule has 2 amide bonds. The number of fused-ring (bicyclic) bond motifs is 1. The van der Waals surface area contributed by atoms with E-state index in [9.17, 15) is 24.5 Å². The SMILES string of the molecule is O=C(CN1C(=O)COc2ccc([N+](=O)[O-])cc21)Nc1cccc(-c2noc(=O)[nH]2)c1. The summed E-state index contributed by atoms with van der Waals surface area (Å²) in [6, 6.07) is 10.3. The van der Waals surface area contributed by atoms with Crippen molar-refractivity contribution in [2.24, 2.45) is 0 Å². The third-order valence-electron chi connectivity index (χ3n) is 4.26. The number of carbonyl (C=O) groups is 2. The monoisotopic (exact) mass is 411 g/mol. The van der Waals surface area contributed by atoms with Gasteiger partial charge in [-0.1, -0.05) is 17.3 Å². The number of aromatic amines is 1. The summed E-state index contributed by atoms with van der Waals surface area (Å²) in [7, 11) is 0. The molecular weight excluding hydrogens is 398 g/mol. The molecule has 3 aromatic rings. The first-order chi connectivity index (χ1) is 14.4. The molecule has 0 saturated heterocycles. The molecule has 152 valence electrons. The van der Waals surface area contributed by atoms with Crippen LogP contribution in [0.1, 0.15) is 0 Å². The molecule has 2 heterocycles. The van der Waals surface area contributed by atoms with Crippen LogP contribution in [0.5, 0.6) is 5.75 Å². The zero-order valence-electron chi connectivity index (χ0n) is 15.2. The van der Waals surface area contributed by atoms with Crippen LogP contribution in [0, 0.1) is 10.1 Å². The lowest BCUT2D eigenvalue weighted by atomic mass is 10.2. The Balaban J connectivity index is 1.53. The summed E-state index contributed by atoms with van der Waals surface area (Å²) in [5, 5.41) is 17.3. The van der Waals surface area contributed by atoms with E-state index in [0.29, 0.717) is 11.3 Å². The highest BCUT2D eigenvalue weighted by Gasteiger charge is 2.29. The maximum atomic E-state index is 12.5. The van der Waals surface area contributed by atoms with Crippen LogP contribution in [0.3, 0.4) is 0 Å². The van der Waals surface area contributed by atoms with E-state index in [-0.39, 0.29) is 36.1 Å². The number of ether oxygens (including phenoxy) is 1. The Morgan fingerprint density at radius 2 is 2.10 bits per heavy atom. The predicted octanol–water partition coefficient (Wildman–Crippen LogP) is 1.30. The molecule has 0 radical (unpaired) electrons. The second-order valence-electron chi connectivity index (χ2n) is 6.25. The molecule has 0 unspecified atom stereocenters. The van der Waals surface area contributed by atoms with E-state index >= 15 is 0 Å². The molecule has 1 aromatic heterocycles. The van der Waals surface area contributed by atoms with Crippen molar-refractivity contribution < 1.29 is 23.8 Å². The number of amides is 2. The van der Waals surface area contributed by atoms with Gasteiger partial charge in [-0.15, -0.1) is 0 Å². The number of nitro groups is 1. The minimum atomic E-state index is -0.710. The van der Waals surface area contributed by atoms with E-state index < -0.39 is 22.5 Å². The van der Waals surface area contributed by atoms with Gasteiger partial charge in [-0.2, -0.15) is 0 Å². The zero-order chi connectivity index (χ0) is 21.3. The normalized spacial score (nSPS) is 12.8. The molecule has 0 spiro atoms. The zero-order valence-corrected chi connectivity index (χ0v) is 15.2. The summed E-state index contributed by atoms with van der Waals surface area (Å²) < 4.78 is 9.74. The fourth-order valence-corrected chi connectivity index (χ4v) is 2.92. The van der Waals surface area contributed by atoms with Crippen molar-refractivity contribution in [2.45, 2.75) is 0 Å². The summed E-state index contributed by atoms with van der Waals surface area (Å²) >= 11 is 0. The summed E-state index contributed by atoms with van der Waals surface area (Å²) in [5.74, 6) is -1.29. The Bertz CT molecular complexity index is 1220. The number of anilines is 2. The lowest BCUT2D eigenvalue weighted by Crippen LogP contribution is -2.43. The Hall–Kier alpha value is -4.48. The molecule has 2 aromatic carbocycles. The summed E-state index contributed by atoms with van der Waals surface area (Å²) in [6.07, 6.45) is 0. The third kappa shape index (κ3) is 3.73. The van der Waals surface area contributed by atoms with Gasteiger partial charge in [0.1, 0.15) is 12.3 Å². The first kappa shape index (κ1) is 18.9.